The average Bonchev–Trinajstić information content (AvgIpc) is 2.20. The topological polar surface area (TPSA) is 95.6 Å². The van der Waals surface area contributed by atoms with Crippen LogP contribution in [0.5, 0.6) is 5.75 Å². The van der Waals surface area contributed by atoms with Crippen LogP contribution in [0.3, 0.4) is 0 Å². The maximum Gasteiger partial charge on any atom is 0.312 e. The second-order valence-electron chi connectivity index (χ2n) is 3.03. The second-order valence-corrected chi connectivity index (χ2v) is 3.03. The number of phenols is 1. The van der Waals surface area contributed by atoms with Gasteiger partial charge in [-0.15, -0.1) is 0 Å². The quantitative estimate of drug-likeness (QED) is 0.304. The number of aliphatic hydroxyl groups is 1. The molecule has 0 saturated carbocycles. The van der Waals surface area contributed by atoms with Gasteiger partial charge in [0.1, 0.15) is 6.23 Å². The molecule has 0 bridgehead atoms. The molecule has 0 amide bonds. The van der Waals surface area contributed by atoms with Gasteiger partial charge in [-0.2, -0.15) is 0 Å². The Kier molecular flexibility index (Phi) is 3.46. The van der Waals surface area contributed by atoms with Crippen molar-refractivity contribution >= 4 is 11.4 Å². The molecule has 0 fully saturated rings. The third kappa shape index (κ3) is 2.81. The summed E-state index contributed by atoms with van der Waals surface area (Å²) in [5, 5.41) is 31.6. The molecule has 1 unspecified atom stereocenters. The molecular formula is C9H12N2O4. The molecule has 1 atom stereocenters. The van der Waals surface area contributed by atoms with Gasteiger partial charge in [0.15, 0.2) is 5.75 Å². The Morgan fingerprint density at radius 3 is 2.80 bits per heavy atom. The molecule has 1 rings (SSSR count). The monoisotopic (exact) mass is 212 g/mol. The Hall–Kier alpha value is -1.82. The van der Waals surface area contributed by atoms with Crippen molar-refractivity contribution in [3.8, 4) is 5.75 Å². The van der Waals surface area contributed by atoms with Gasteiger partial charge < -0.3 is 15.5 Å². The Morgan fingerprint density at radius 1 is 1.60 bits per heavy atom. The number of hydrogen-bond donors (Lipinski definition) is 3. The van der Waals surface area contributed by atoms with Crippen molar-refractivity contribution in [3.63, 3.8) is 0 Å². The van der Waals surface area contributed by atoms with Crippen LogP contribution in [0.1, 0.15) is 13.3 Å². The third-order valence-corrected chi connectivity index (χ3v) is 1.89. The summed E-state index contributed by atoms with van der Waals surface area (Å²) < 4.78 is 0. The van der Waals surface area contributed by atoms with Gasteiger partial charge in [0.05, 0.1) is 4.92 Å². The largest absolute Gasteiger partial charge is 0.502 e. The van der Waals surface area contributed by atoms with Gasteiger partial charge in [-0.1, -0.05) is 6.92 Å². The lowest BCUT2D eigenvalue weighted by atomic mass is 10.2. The van der Waals surface area contributed by atoms with Gasteiger partial charge in [-0.3, -0.25) is 10.1 Å². The van der Waals surface area contributed by atoms with Crippen molar-refractivity contribution in [3.05, 3.63) is 28.3 Å². The molecule has 0 aliphatic heterocycles. The number of nitro benzene ring substituents is 1. The van der Waals surface area contributed by atoms with E-state index in [0.717, 1.165) is 0 Å². The Labute approximate surface area is 86.3 Å². The van der Waals surface area contributed by atoms with Crippen LogP contribution in [0.15, 0.2) is 18.2 Å². The maximum atomic E-state index is 10.5. The first-order valence-corrected chi connectivity index (χ1v) is 4.46. The zero-order valence-corrected chi connectivity index (χ0v) is 8.17. The van der Waals surface area contributed by atoms with E-state index in [1.54, 1.807) is 6.92 Å². The molecular weight excluding hydrogens is 200 g/mol. The fraction of sp³-hybridized carbons (Fsp3) is 0.333. The Balaban J connectivity index is 2.92. The van der Waals surface area contributed by atoms with E-state index in [1.807, 2.05) is 0 Å². The molecule has 0 aliphatic carbocycles. The number of anilines is 1. The minimum Gasteiger partial charge on any atom is -0.502 e. The number of phenolic OH excluding ortho intramolecular Hbond substituents is 1. The smallest absolute Gasteiger partial charge is 0.312 e. The molecule has 6 nitrogen and oxygen atoms in total. The van der Waals surface area contributed by atoms with E-state index in [2.05, 4.69) is 5.32 Å². The summed E-state index contributed by atoms with van der Waals surface area (Å²) >= 11 is 0. The van der Waals surface area contributed by atoms with Crippen molar-refractivity contribution < 1.29 is 15.1 Å². The predicted molar refractivity (Wildman–Crippen MR) is 54.7 cm³/mol. The second kappa shape index (κ2) is 4.61. The minimum absolute atomic E-state index is 0.386. The summed E-state index contributed by atoms with van der Waals surface area (Å²) in [6.07, 6.45) is -0.275. The van der Waals surface area contributed by atoms with E-state index in [0.29, 0.717) is 12.1 Å². The van der Waals surface area contributed by atoms with Gasteiger partial charge in [-0.05, 0) is 18.6 Å². The lowest BCUT2D eigenvalue weighted by Gasteiger charge is -2.11. The van der Waals surface area contributed by atoms with Gasteiger partial charge in [0.2, 0.25) is 0 Å². The molecule has 3 N–H and O–H groups in total. The summed E-state index contributed by atoms with van der Waals surface area (Å²) in [6, 6.07) is 3.85. The molecule has 0 spiro atoms. The van der Waals surface area contributed by atoms with Gasteiger partial charge in [-0.25, -0.2) is 0 Å². The number of aliphatic hydroxyl groups excluding tert-OH is 1. The molecule has 6 heteroatoms. The van der Waals surface area contributed by atoms with Crippen LogP contribution in [0, 0.1) is 10.1 Å². The standard InChI is InChI=1S/C9H12N2O4/c1-2-9(13)10-6-3-4-8(12)7(5-6)11(14)15/h3-5,9-10,12-13H,2H2,1H3. The summed E-state index contributed by atoms with van der Waals surface area (Å²) in [5.41, 5.74) is 0.0113. The molecule has 0 heterocycles. The summed E-state index contributed by atoms with van der Waals surface area (Å²) in [7, 11) is 0. The lowest BCUT2D eigenvalue weighted by molar-refractivity contribution is -0.385. The van der Waals surface area contributed by atoms with Gasteiger partial charge in [0, 0.05) is 11.8 Å². The third-order valence-electron chi connectivity index (χ3n) is 1.89. The summed E-state index contributed by atoms with van der Waals surface area (Å²) in [4.78, 5) is 9.80. The molecule has 82 valence electrons. The summed E-state index contributed by atoms with van der Waals surface area (Å²) in [6.45, 7) is 1.77. The van der Waals surface area contributed by atoms with E-state index >= 15 is 0 Å². The number of rotatable bonds is 4. The van der Waals surface area contributed by atoms with Crippen LogP contribution in [0.25, 0.3) is 0 Å². The number of benzene rings is 1. The normalized spacial score (nSPS) is 12.1. The highest BCUT2D eigenvalue weighted by Gasteiger charge is 2.14. The first-order valence-electron chi connectivity index (χ1n) is 4.46. The lowest BCUT2D eigenvalue weighted by Crippen LogP contribution is -2.16. The predicted octanol–water partition coefficient (Wildman–Crippen LogP) is 1.44. The number of hydrogen-bond acceptors (Lipinski definition) is 5. The highest BCUT2D eigenvalue weighted by Crippen LogP contribution is 2.28. The van der Waals surface area contributed by atoms with Gasteiger partial charge in [0.25, 0.3) is 0 Å². The van der Waals surface area contributed by atoms with Crippen LogP contribution in [-0.2, 0) is 0 Å². The first kappa shape index (κ1) is 11.3. The van der Waals surface area contributed by atoms with Crippen molar-refractivity contribution in [1.82, 2.24) is 0 Å². The van der Waals surface area contributed by atoms with E-state index in [-0.39, 0.29) is 5.69 Å². The fourth-order valence-electron chi connectivity index (χ4n) is 1.05. The molecule has 0 aliphatic rings. The van der Waals surface area contributed by atoms with Gasteiger partial charge >= 0.3 is 5.69 Å². The fourth-order valence-corrected chi connectivity index (χ4v) is 1.05. The van der Waals surface area contributed by atoms with Crippen molar-refractivity contribution in [1.29, 1.82) is 0 Å². The van der Waals surface area contributed by atoms with E-state index < -0.39 is 16.9 Å². The maximum absolute atomic E-state index is 10.5. The van der Waals surface area contributed by atoms with Crippen molar-refractivity contribution in [2.75, 3.05) is 5.32 Å². The van der Waals surface area contributed by atoms with E-state index in [1.165, 1.54) is 18.2 Å². The van der Waals surface area contributed by atoms with E-state index in [9.17, 15) is 15.2 Å². The highest BCUT2D eigenvalue weighted by atomic mass is 16.6. The summed E-state index contributed by atoms with van der Waals surface area (Å²) in [5.74, 6) is -0.392. The molecule has 15 heavy (non-hydrogen) atoms. The average molecular weight is 212 g/mol. The molecule has 0 aromatic heterocycles. The molecule has 0 saturated heterocycles. The Morgan fingerprint density at radius 2 is 2.27 bits per heavy atom. The highest BCUT2D eigenvalue weighted by molar-refractivity contribution is 5.58. The molecule has 1 aromatic rings. The van der Waals surface area contributed by atoms with Crippen LogP contribution in [0.2, 0.25) is 0 Å². The number of nitro groups is 1. The SMILES string of the molecule is CCC(O)Nc1ccc(O)c([N+](=O)[O-])c1. The van der Waals surface area contributed by atoms with Crippen LogP contribution >= 0.6 is 0 Å². The number of nitrogens with one attached hydrogen (secondary N) is 1. The van der Waals surface area contributed by atoms with Crippen LogP contribution < -0.4 is 5.32 Å². The Bertz CT molecular complexity index is 367. The van der Waals surface area contributed by atoms with Crippen LogP contribution in [-0.4, -0.2) is 21.4 Å². The minimum atomic E-state index is -0.755. The zero-order valence-electron chi connectivity index (χ0n) is 8.17. The first-order chi connectivity index (χ1) is 7.04. The number of nitrogens with zero attached hydrogens (tertiary/aromatic N) is 1. The zero-order chi connectivity index (χ0) is 11.4. The van der Waals surface area contributed by atoms with Crippen molar-refractivity contribution in [2.24, 2.45) is 0 Å². The molecule has 1 aromatic carbocycles. The van der Waals surface area contributed by atoms with E-state index in [4.69, 9.17) is 5.11 Å². The van der Waals surface area contributed by atoms with Crippen molar-refractivity contribution in [2.45, 2.75) is 19.6 Å². The number of aromatic hydroxyl groups is 1. The molecule has 0 radical (unpaired) electrons. The van der Waals surface area contributed by atoms with Crippen LogP contribution in [0.4, 0.5) is 11.4 Å².